The van der Waals surface area contributed by atoms with Gasteiger partial charge in [-0.2, -0.15) is 0 Å². The smallest absolute Gasteiger partial charge is 0.410 e. The van der Waals surface area contributed by atoms with Crippen LogP contribution in [0, 0.1) is 0 Å². The highest BCUT2D eigenvalue weighted by molar-refractivity contribution is 5.83. The lowest BCUT2D eigenvalue weighted by atomic mass is 9.99. The molecule has 1 aliphatic rings. The van der Waals surface area contributed by atoms with Crippen LogP contribution in [0.5, 0.6) is 0 Å². The van der Waals surface area contributed by atoms with Crippen molar-refractivity contribution in [3.63, 3.8) is 0 Å². The van der Waals surface area contributed by atoms with Gasteiger partial charge in [0.05, 0.1) is 6.04 Å². The molecule has 1 fully saturated rings. The van der Waals surface area contributed by atoms with E-state index in [9.17, 15) is 4.79 Å². The van der Waals surface area contributed by atoms with Crippen molar-refractivity contribution in [2.24, 2.45) is 0 Å². The van der Waals surface area contributed by atoms with Crippen molar-refractivity contribution in [1.29, 1.82) is 0 Å². The van der Waals surface area contributed by atoms with E-state index >= 15 is 0 Å². The first-order valence-corrected chi connectivity index (χ1v) is 8.13. The van der Waals surface area contributed by atoms with Gasteiger partial charge in [-0.15, -0.1) is 0 Å². The van der Waals surface area contributed by atoms with Crippen molar-refractivity contribution in [2.75, 3.05) is 19.6 Å². The molecule has 0 saturated carbocycles. The number of piperazine rings is 1. The van der Waals surface area contributed by atoms with E-state index < -0.39 is 5.60 Å². The van der Waals surface area contributed by atoms with E-state index in [1.54, 1.807) is 0 Å². The average molecular weight is 312 g/mol. The highest BCUT2D eigenvalue weighted by Gasteiger charge is 2.31. The molecule has 1 atom stereocenters. The molecular weight excluding hydrogens is 288 g/mol. The van der Waals surface area contributed by atoms with E-state index in [-0.39, 0.29) is 12.1 Å². The molecule has 2 aromatic carbocycles. The van der Waals surface area contributed by atoms with Gasteiger partial charge in [-0.3, -0.25) is 4.90 Å². The average Bonchev–Trinajstić information content (AvgIpc) is 2.53. The summed E-state index contributed by atoms with van der Waals surface area (Å²) in [6.45, 7) is 7.90. The molecule has 1 amide bonds. The number of rotatable bonds is 1. The van der Waals surface area contributed by atoms with Crippen LogP contribution in [0.25, 0.3) is 10.8 Å². The van der Waals surface area contributed by atoms with Gasteiger partial charge in [0, 0.05) is 19.6 Å². The Hall–Kier alpha value is -2.07. The minimum absolute atomic E-state index is 0.00297. The van der Waals surface area contributed by atoms with Crippen molar-refractivity contribution >= 4 is 16.9 Å². The quantitative estimate of drug-likeness (QED) is 0.872. The molecule has 1 heterocycles. The molecule has 122 valence electrons. The zero-order valence-electron chi connectivity index (χ0n) is 14.0. The third kappa shape index (κ3) is 3.64. The molecule has 1 unspecified atom stereocenters. The zero-order valence-corrected chi connectivity index (χ0v) is 14.0. The second kappa shape index (κ2) is 6.20. The van der Waals surface area contributed by atoms with Crippen molar-refractivity contribution in [3.05, 3.63) is 48.0 Å². The first kappa shape index (κ1) is 15.8. The normalized spacial score (nSPS) is 18.9. The van der Waals surface area contributed by atoms with Gasteiger partial charge in [-0.25, -0.2) is 4.79 Å². The Balaban J connectivity index is 1.89. The molecule has 2 aromatic rings. The van der Waals surface area contributed by atoms with Gasteiger partial charge >= 0.3 is 6.09 Å². The molecule has 1 N–H and O–H groups in total. The van der Waals surface area contributed by atoms with Crippen LogP contribution >= 0.6 is 0 Å². The second-order valence-electron chi connectivity index (χ2n) is 7.00. The van der Waals surface area contributed by atoms with Crippen LogP contribution in [0.2, 0.25) is 0 Å². The van der Waals surface area contributed by atoms with Gasteiger partial charge in [0.2, 0.25) is 0 Å². The molecule has 0 spiro atoms. The van der Waals surface area contributed by atoms with E-state index in [1.165, 1.54) is 10.8 Å². The number of carbonyl (C=O) groups is 1. The Kier molecular flexibility index (Phi) is 4.26. The van der Waals surface area contributed by atoms with Gasteiger partial charge < -0.3 is 10.1 Å². The number of ether oxygens (including phenoxy) is 1. The van der Waals surface area contributed by atoms with Gasteiger partial charge in [0.1, 0.15) is 5.60 Å². The van der Waals surface area contributed by atoms with Crippen molar-refractivity contribution < 1.29 is 9.53 Å². The number of carbonyl (C=O) groups excluding carboxylic acids is 1. The number of fused-ring (bicyclic) bond motifs is 1. The Morgan fingerprint density at radius 1 is 1.17 bits per heavy atom. The number of nitrogens with one attached hydrogen (secondary N) is 1. The Labute approximate surface area is 137 Å². The first-order chi connectivity index (χ1) is 10.9. The summed E-state index contributed by atoms with van der Waals surface area (Å²) in [7, 11) is 0. The molecule has 0 bridgehead atoms. The molecule has 0 aliphatic carbocycles. The molecule has 1 saturated heterocycles. The fraction of sp³-hybridized carbons (Fsp3) is 0.421. The summed E-state index contributed by atoms with van der Waals surface area (Å²) in [5.74, 6) is 0. The lowest BCUT2D eigenvalue weighted by Gasteiger charge is -2.37. The highest BCUT2D eigenvalue weighted by Crippen LogP contribution is 2.27. The summed E-state index contributed by atoms with van der Waals surface area (Å²) in [4.78, 5) is 14.4. The monoisotopic (exact) mass is 312 g/mol. The van der Waals surface area contributed by atoms with Crippen LogP contribution < -0.4 is 5.32 Å². The van der Waals surface area contributed by atoms with Gasteiger partial charge in [0.25, 0.3) is 0 Å². The third-order valence-corrected chi connectivity index (χ3v) is 4.03. The molecule has 23 heavy (non-hydrogen) atoms. The molecular formula is C19H24N2O2. The van der Waals surface area contributed by atoms with Crippen LogP contribution in [-0.2, 0) is 4.74 Å². The molecule has 3 rings (SSSR count). The predicted molar refractivity (Wildman–Crippen MR) is 92.5 cm³/mol. The van der Waals surface area contributed by atoms with E-state index in [0.29, 0.717) is 6.54 Å². The number of nitrogens with zero attached hydrogens (tertiary/aromatic N) is 1. The van der Waals surface area contributed by atoms with Crippen molar-refractivity contribution in [1.82, 2.24) is 10.2 Å². The first-order valence-electron chi connectivity index (χ1n) is 8.13. The number of benzene rings is 2. The number of amides is 1. The van der Waals surface area contributed by atoms with E-state index in [0.717, 1.165) is 18.7 Å². The minimum Gasteiger partial charge on any atom is -0.444 e. The van der Waals surface area contributed by atoms with E-state index in [1.807, 2.05) is 37.8 Å². The van der Waals surface area contributed by atoms with Crippen LogP contribution in [0.15, 0.2) is 42.5 Å². The maximum atomic E-state index is 12.5. The summed E-state index contributed by atoms with van der Waals surface area (Å²) in [6, 6.07) is 14.7. The molecule has 1 aliphatic heterocycles. The topological polar surface area (TPSA) is 41.6 Å². The summed E-state index contributed by atoms with van der Waals surface area (Å²) in [6.07, 6.45) is -0.239. The largest absolute Gasteiger partial charge is 0.444 e. The number of hydrogen-bond acceptors (Lipinski definition) is 3. The SMILES string of the molecule is CC(C)(C)OC(=O)N1CCNCC1c1ccc2ccccc2c1. The maximum Gasteiger partial charge on any atom is 0.410 e. The van der Waals surface area contributed by atoms with Gasteiger partial charge in [-0.1, -0.05) is 36.4 Å². The Morgan fingerprint density at radius 3 is 2.65 bits per heavy atom. The molecule has 4 nitrogen and oxygen atoms in total. The lowest BCUT2D eigenvalue weighted by Crippen LogP contribution is -2.50. The van der Waals surface area contributed by atoms with Crippen molar-refractivity contribution in [3.8, 4) is 0 Å². The minimum atomic E-state index is -0.476. The van der Waals surface area contributed by atoms with Crippen LogP contribution in [0.1, 0.15) is 32.4 Å². The highest BCUT2D eigenvalue weighted by atomic mass is 16.6. The van der Waals surface area contributed by atoms with Gasteiger partial charge in [-0.05, 0) is 43.2 Å². The summed E-state index contributed by atoms with van der Waals surface area (Å²) < 4.78 is 5.58. The summed E-state index contributed by atoms with van der Waals surface area (Å²) in [5.41, 5.74) is 0.664. The third-order valence-electron chi connectivity index (χ3n) is 4.03. The zero-order chi connectivity index (χ0) is 16.4. The fourth-order valence-corrected chi connectivity index (χ4v) is 2.96. The molecule has 0 aromatic heterocycles. The van der Waals surface area contributed by atoms with Crippen molar-refractivity contribution in [2.45, 2.75) is 32.4 Å². The Morgan fingerprint density at radius 2 is 1.91 bits per heavy atom. The van der Waals surface area contributed by atoms with Crippen LogP contribution in [0.4, 0.5) is 4.79 Å². The van der Waals surface area contributed by atoms with E-state index in [4.69, 9.17) is 4.74 Å². The standard InChI is InChI=1S/C19H24N2O2/c1-19(2,3)23-18(22)21-11-10-20-13-17(21)16-9-8-14-6-4-5-7-15(14)12-16/h4-9,12,17,20H,10-11,13H2,1-3H3. The van der Waals surface area contributed by atoms with Gasteiger partial charge in [0.15, 0.2) is 0 Å². The predicted octanol–water partition coefficient (Wildman–Crippen LogP) is 3.72. The number of hydrogen-bond donors (Lipinski definition) is 1. The molecule has 0 radical (unpaired) electrons. The maximum absolute atomic E-state index is 12.5. The Bertz CT molecular complexity index is 706. The van der Waals surface area contributed by atoms with Crippen LogP contribution in [0.3, 0.4) is 0 Å². The summed E-state index contributed by atoms with van der Waals surface area (Å²) in [5, 5.41) is 5.79. The summed E-state index contributed by atoms with van der Waals surface area (Å²) >= 11 is 0. The second-order valence-corrected chi connectivity index (χ2v) is 7.00. The molecule has 4 heteroatoms. The van der Waals surface area contributed by atoms with E-state index in [2.05, 4.69) is 35.6 Å². The fourth-order valence-electron chi connectivity index (χ4n) is 2.96. The van der Waals surface area contributed by atoms with Crippen LogP contribution in [-0.4, -0.2) is 36.2 Å². The lowest BCUT2D eigenvalue weighted by molar-refractivity contribution is 0.0118.